The van der Waals surface area contributed by atoms with Crippen molar-refractivity contribution in [1.29, 1.82) is 0 Å². The molecule has 0 bridgehead atoms. The minimum atomic E-state index is 0.0773. The van der Waals surface area contributed by atoms with Crippen molar-refractivity contribution in [3.8, 4) is 22.6 Å². The van der Waals surface area contributed by atoms with Crippen molar-refractivity contribution in [3.05, 3.63) is 47.5 Å². The summed E-state index contributed by atoms with van der Waals surface area (Å²) in [7, 11) is 0. The molecule has 2 heteroatoms. The third kappa shape index (κ3) is 4.03. The van der Waals surface area contributed by atoms with Crippen LogP contribution in [0.4, 0.5) is 0 Å². The second-order valence-corrected chi connectivity index (χ2v) is 5.85. The van der Waals surface area contributed by atoms with Crippen LogP contribution in [0.15, 0.2) is 36.4 Å². The number of hydrogen-bond acceptors (Lipinski definition) is 2. The van der Waals surface area contributed by atoms with Crippen LogP contribution in [0, 0.1) is 0 Å². The van der Waals surface area contributed by atoms with Gasteiger partial charge in [0.1, 0.15) is 0 Å². The average Bonchev–Trinajstić information content (AvgIpc) is 2.52. The molecular formula is C20H24O2-2. The van der Waals surface area contributed by atoms with Gasteiger partial charge in [-0.3, -0.25) is 0 Å². The highest BCUT2D eigenvalue weighted by molar-refractivity contribution is 5.67. The van der Waals surface area contributed by atoms with Crippen molar-refractivity contribution in [2.45, 2.75) is 52.4 Å². The van der Waals surface area contributed by atoms with Crippen molar-refractivity contribution in [1.82, 2.24) is 0 Å². The van der Waals surface area contributed by atoms with Gasteiger partial charge in [0.05, 0.1) is 0 Å². The summed E-state index contributed by atoms with van der Waals surface area (Å²) in [6.07, 6.45) is 5.90. The highest BCUT2D eigenvalue weighted by Crippen LogP contribution is 2.29. The maximum Gasteiger partial charge on any atom is -0.0190 e. The summed E-state index contributed by atoms with van der Waals surface area (Å²) in [5, 5.41) is 24.3. The molecule has 0 heterocycles. The minimum absolute atomic E-state index is 0.0773. The summed E-state index contributed by atoms with van der Waals surface area (Å²) < 4.78 is 0. The van der Waals surface area contributed by atoms with Crippen LogP contribution in [-0.4, -0.2) is 0 Å². The Morgan fingerprint density at radius 2 is 1.09 bits per heavy atom. The fourth-order valence-corrected chi connectivity index (χ4v) is 2.62. The molecule has 0 aromatic heterocycles. The van der Waals surface area contributed by atoms with Crippen molar-refractivity contribution in [2.24, 2.45) is 0 Å². The van der Waals surface area contributed by atoms with E-state index in [0.29, 0.717) is 0 Å². The van der Waals surface area contributed by atoms with Crippen LogP contribution in [-0.2, 0) is 12.8 Å². The summed E-state index contributed by atoms with van der Waals surface area (Å²) in [6.45, 7) is 4.24. The first-order valence-corrected chi connectivity index (χ1v) is 8.26. The largest absolute Gasteiger partial charge is 0.872 e. The monoisotopic (exact) mass is 296 g/mol. The molecule has 0 saturated carbocycles. The maximum absolute atomic E-state index is 12.1. The van der Waals surface area contributed by atoms with E-state index in [0.717, 1.165) is 60.8 Å². The van der Waals surface area contributed by atoms with Gasteiger partial charge < -0.3 is 10.2 Å². The number of hydrogen-bond donors (Lipinski definition) is 0. The molecule has 0 radical (unpaired) electrons. The standard InChI is InChI=1S/C20H26O2/c1-3-5-7-15-9-11-17(13-19(15)21)18-12-10-16(8-6-4-2)20(22)14-18/h9-14,21-22H,3-8H2,1-2H3/p-2. The predicted molar refractivity (Wildman–Crippen MR) is 88.0 cm³/mol. The Morgan fingerprint density at radius 1 is 0.682 bits per heavy atom. The lowest BCUT2D eigenvalue weighted by atomic mass is 9.98. The fourth-order valence-electron chi connectivity index (χ4n) is 2.62. The molecule has 2 rings (SSSR count). The van der Waals surface area contributed by atoms with Gasteiger partial charge in [0.25, 0.3) is 0 Å². The average molecular weight is 296 g/mol. The van der Waals surface area contributed by atoms with E-state index in [1.807, 2.05) is 24.3 Å². The van der Waals surface area contributed by atoms with Gasteiger partial charge >= 0.3 is 0 Å². The van der Waals surface area contributed by atoms with E-state index in [4.69, 9.17) is 0 Å². The Morgan fingerprint density at radius 3 is 1.41 bits per heavy atom. The first kappa shape index (κ1) is 16.4. The van der Waals surface area contributed by atoms with Gasteiger partial charge in [-0.2, -0.15) is 0 Å². The molecule has 0 aliphatic rings. The quantitative estimate of drug-likeness (QED) is 0.769. The summed E-state index contributed by atoms with van der Waals surface area (Å²) >= 11 is 0. The lowest BCUT2D eigenvalue weighted by molar-refractivity contribution is -0.270. The van der Waals surface area contributed by atoms with E-state index in [2.05, 4.69) is 13.8 Å². The molecule has 2 nitrogen and oxygen atoms in total. The molecule has 0 atom stereocenters. The smallest absolute Gasteiger partial charge is 0.0190 e. The van der Waals surface area contributed by atoms with E-state index in [1.165, 1.54) is 0 Å². The highest BCUT2D eigenvalue weighted by atomic mass is 16.3. The normalized spacial score (nSPS) is 10.8. The number of rotatable bonds is 7. The van der Waals surface area contributed by atoms with E-state index in [9.17, 15) is 10.2 Å². The molecule has 0 fully saturated rings. The SMILES string of the molecule is CCCCc1ccc(-c2ccc(CCCC)c([O-])c2)cc1[O-]. The zero-order chi connectivity index (χ0) is 15.9. The first-order valence-electron chi connectivity index (χ1n) is 8.26. The van der Waals surface area contributed by atoms with E-state index in [-0.39, 0.29) is 11.5 Å². The minimum Gasteiger partial charge on any atom is -0.872 e. The van der Waals surface area contributed by atoms with Crippen LogP contribution in [0.1, 0.15) is 50.7 Å². The topological polar surface area (TPSA) is 46.1 Å². The van der Waals surface area contributed by atoms with Crippen molar-refractivity contribution < 1.29 is 10.2 Å². The third-order valence-corrected chi connectivity index (χ3v) is 4.07. The molecule has 0 aliphatic heterocycles. The van der Waals surface area contributed by atoms with Crippen LogP contribution in [0.25, 0.3) is 11.1 Å². The molecule has 0 unspecified atom stereocenters. The molecule has 0 saturated heterocycles. The molecular weight excluding hydrogens is 272 g/mol. The second kappa shape index (κ2) is 7.88. The van der Waals surface area contributed by atoms with Crippen molar-refractivity contribution >= 4 is 0 Å². The van der Waals surface area contributed by atoms with E-state index < -0.39 is 0 Å². The molecule has 2 aromatic carbocycles. The molecule has 0 aliphatic carbocycles. The Bertz CT molecular complexity index is 562. The number of benzene rings is 2. The number of aryl methyl sites for hydroxylation is 2. The van der Waals surface area contributed by atoms with Gasteiger partial charge in [-0.1, -0.05) is 74.2 Å². The highest BCUT2D eigenvalue weighted by Gasteiger charge is 2.02. The number of unbranched alkanes of at least 4 members (excludes halogenated alkanes) is 2. The second-order valence-electron chi connectivity index (χ2n) is 5.85. The predicted octanol–water partition coefficient (Wildman–Crippen LogP) is 4.19. The van der Waals surface area contributed by atoms with E-state index >= 15 is 0 Å². The zero-order valence-corrected chi connectivity index (χ0v) is 13.5. The third-order valence-electron chi connectivity index (χ3n) is 4.07. The summed E-state index contributed by atoms with van der Waals surface area (Å²) in [5.41, 5.74) is 3.41. The summed E-state index contributed by atoms with van der Waals surface area (Å²) in [5.74, 6) is 0.155. The van der Waals surface area contributed by atoms with Gasteiger partial charge in [0.15, 0.2) is 0 Å². The molecule has 0 spiro atoms. The maximum atomic E-state index is 12.1. The molecule has 0 amide bonds. The lowest BCUT2D eigenvalue weighted by Crippen LogP contribution is -1.99. The van der Waals surface area contributed by atoms with Gasteiger partial charge in [0.2, 0.25) is 0 Å². The summed E-state index contributed by atoms with van der Waals surface area (Å²) in [6, 6.07) is 11.0. The molecule has 2 aromatic rings. The molecule has 0 N–H and O–H groups in total. The Balaban J connectivity index is 2.21. The summed E-state index contributed by atoms with van der Waals surface area (Å²) in [4.78, 5) is 0. The van der Waals surface area contributed by atoms with Gasteiger partial charge in [0, 0.05) is 0 Å². The fraction of sp³-hybridized carbons (Fsp3) is 0.400. The Kier molecular flexibility index (Phi) is 5.88. The first-order chi connectivity index (χ1) is 10.7. The van der Waals surface area contributed by atoms with Gasteiger partial charge in [-0.15, -0.1) is 11.5 Å². The van der Waals surface area contributed by atoms with Crippen LogP contribution in [0.5, 0.6) is 11.5 Å². The molecule has 118 valence electrons. The van der Waals surface area contributed by atoms with E-state index in [1.54, 1.807) is 12.1 Å². The molecule has 22 heavy (non-hydrogen) atoms. The lowest BCUT2D eigenvalue weighted by Gasteiger charge is -2.18. The van der Waals surface area contributed by atoms with Crippen LogP contribution >= 0.6 is 0 Å². The van der Waals surface area contributed by atoms with Gasteiger partial charge in [-0.05, 0) is 36.8 Å². The Labute approximate surface area is 133 Å². The Hall–Kier alpha value is -1.96. The van der Waals surface area contributed by atoms with Crippen molar-refractivity contribution in [3.63, 3.8) is 0 Å². The zero-order valence-electron chi connectivity index (χ0n) is 13.5. The van der Waals surface area contributed by atoms with Crippen LogP contribution in [0.3, 0.4) is 0 Å². The van der Waals surface area contributed by atoms with Gasteiger partial charge in [-0.25, -0.2) is 0 Å². The van der Waals surface area contributed by atoms with Crippen LogP contribution in [0.2, 0.25) is 0 Å². The van der Waals surface area contributed by atoms with Crippen molar-refractivity contribution in [2.75, 3.05) is 0 Å². The van der Waals surface area contributed by atoms with Crippen LogP contribution < -0.4 is 10.2 Å².